The first-order valence-electron chi connectivity index (χ1n) is 12.8. The number of urea groups is 1. The van der Waals surface area contributed by atoms with Gasteiger partial charge in [-0.05, 0) is 74.4 Å². The van der Waals surface area contributed by atoms with Crippen LogP contribution in [0.2, 0.25) is 5.02 Å². The Labute approximate surface area is 237 Å². The quantitative estimate of drug-likeness (QED) is 0.173. The number of imide groups is 2. The van der Waals surface area contributed by atoms with Crippen LogP contribution >= 0.6 is 11.6 Å². The van der Waals surface area contributed by atoms with Crippen LogP contribution in [0.15, 0.2) is 78.9 Å². The molecule has 40 heavy (non-hydrogen) atoms. The maximum absolute atomic E-state index is 13.4. The summed E-state index contributed by atoms with van der Waals surface area (Å²) in [4.78, 5) is 39.7. The lowest BCUT2D eigenvalue weighted by atomic mass is 10.0. The zero-order chi connectivity index (χ0) is 28.6. The molecule has 0 saturated carbocycles. The number of benzene rings is 3. The van der Waals surface area contributed by atoms with E-state index in [1.165, 1.54) is 6.08 Å². The van der Waals surface area contributed by atoms with Gasteiger partial charge in [-0.15, -0.1) is 6.58 Å². The lowest BCUT2D eigenvalue weighted by Gasteiger charge is -2.26. The SMILES string of the molecule is C=CCc1cc(/C=C2\C(=O)NC(=O)N(c3ccc(OCC)cc3)C2=O)cc(OCC)c1OCc1ccccc1Cl. The molecular weight excluding hydrogens is 532 g/mol. The molecule has 3 aromatic rings. The summed E-state index contributed by atoms with van der Waals surface area (Å²) < 4.78 is 17.5. The number of hydrogen-bond donors (Lipinski definition) is 1. The lowest BCUT2D eigenvalue weighted by molar-refractivity contribution is -0.122. The molecule has 1 aliphatic rings. The van der Waals surface area contributed by atoms with Crippen LogP contribution in [-0.2, 0) is 22.6 Å². The summed E-state index contributed by atoms with van der Waals surface area (Å²) in [5, 5.41) is 2.83. The molecule has 0 unspecified atom stereocenters. The predicted octanol–water partition coefficient (Wildman–Crippen LogP) is 6.11. The minimum atomic E-state index is -0.831. The molecule has 1 saturated heterocycles. The van der Waals surface area contributed by atoms with Crippen LogP contribution in [0.5, 0.6) is 17.2 Å². The predicted molar refractivity (Wildman–Crippen MR) is 154 cm³/mol. The molecule has 8 nitrogen and oxygen atoms in total. The van der Waals surface area contributed by atoms with Crippen LogP contribution in [0, 0.1) is 0 Å². The second kappa shape index (κ2) is 13.0. The van der Waals surface area contributed by atoms with Crippen molar-refractivity contribution in [2.45, 2.75) is 26.9 Å². The zero-order valence-electron chi connectivity index (χ0n) is 22.2. The first-order valence-corrected chi connectivity index (χ1v) is 13.1. The highest BCUT2D eigenvalue weighted by atomic mass is 35.5. The van der Waals surface area contributed by atoms with Crippen molar-refractivity contribution < 1.29 is 28.6 Å². The Balaban J connectivity index is 1.70. The van der Waals surface area contributed by atoms with Gasteiger partial charge < -0.3 is 14.2 Å². The Morgan fingerprint density at radius 3 is 2.33 bits per heavy atom. The highest BCUT2D eigenvalue weighted by molar-refractivity contribution is 6.39. The summed E-state index contributed by atoms with van der Waals surface area (Å²) in [6, 6.07) is 16.5. The van der Waals surface area contributed by atoms with Crippen LogP contribution in [0.1, 0.15) is 30.5 Å². The number of hydrogen-bond acceptors (Lipinski definition) is 6. The minimum Gasteiger partial charge on any atom is -0.494 e. The molecule has 1 aliphatic heterocycles. The van der Waals surface area contributed by atoms with E-state index in [0.29, 0.717) is 53.2 Å². The molecule has 1 heterocycles. The van der Waals surface area contributed by atoms with E-state index in [9.17, 15) is 14.4 Å². The van der Waals surface area contributed by atoms with E-state index in [2.05, 4.69) is 11.9 Å². The van der Waals surface area contributed by atoms with Gasteiger partial charge in [0.25, 0.3) is 11.8 Å². The van der Waals surface area contributed by atoms with Crippen LogP contribution in [0.25, 0.3) is 6.08 Å². The van der Waals surface area contributed by atoms with Gasteiger partial charge >= 0.3 is 6.03 Å². The fraction of sp³-hybridized carbons (Fsp3) is 0.194. The van der Waals surface area contributed by atoms with Crippen LogP contribution in [-0.4, -0.2) is 31.1 Å². The number of anilines is 1. The summed E-state index contributed by atoms with van der Waals surface area (Å²) in [6.07, 6.45) is 3.58. The first kappa shape index (κ1) is 28.4. The molecule has 9 heteroatoms. The number of rotatable bonds is 11. The molecule has 0 radical (unpaired) electrons. The maximum Gasteiger partial charge on any atom is 0.335 e. The summed E-state index contributed by atoms with van der Waals surface area (Å²) in [6.45, 7) is 8.58. The minimum absolute atomic E-state index is 0.203. The molecule has 4 amide bonds. The number of carbonyl (C=O) groups excluding carboxylic acids is 3. The molecule has 0 aliphatic carbocycles. The van der Waals surface area contributed by atoms with Crippen molar-refractivity contribution in [1.29, 1.82) is 0 Å². The van der Waals surface area contributed by atoms with E-state index >= 15 is 0 Å². The molecule has 0 bridgehead atoms. The zero-order valence-corrected chi connectivity index (χ0v) is 23.0. The topological polar surface area (TPSA) is 94.2 Å². The fourth-order valence-electron chi connectivity index (χ4n) is 4.18. The normalized spacial score (nSPS) is 14.2. The summed E-state index contributed by atoms with van der Waals surface area (Å²) >= 11 is 6.30. The van der Waals surface area contributed by atoms with Gasteiger partial charge in [-0.2, -0.15) is 0 Å². The van der Waals surface area contributed by atoms with Gasteiger partial charge in [0.2, 0.25) is 0 Å². The van der Waals surface area contributed by atoms with Gasteiger partial charge in [-0.3, -0.25) is 14.9 Å². The van der Waals surface area contributed by atoms with E-state index in [0.717, 1.165) is 16.0 Å². The summed E-state index contributed by atoms with van der Waals surface area (Å²) in [7, 11) is 0. The Morgan fingerprint density at radius 2 is 1.65 bits per heavy atom. The number of nitrogens with one attached hydrogen (secondary N) is 1. The van der Waals surface area contributed by atoms with Gasteiger partial charge in [0.05, 0.1) is 18.9 Å². The largest absolute Gasteiger partial charge is 0.494 e. The number of barbiturate groups is 1. The monoisotopic (exact) mass is 560 g/mol. The van der Waals surface area contributed by atoms with Crippen molar-refractivity contribution in [2.75, 3.05) is 18.1 Å². The molecular formula is C31H29ClN2O6. The third-order valence-corrected chi connectivity index (χ3v) is 6.34. The molecule has 3 aromatic carbocycles. The average Bonchev–Trinajstić information content (AvgIpc) is 2.93. The third-order valence-electron chi connectivity index (χ3n) is 5.97. The van der Waals surface area contributed by atoms with Crippen molar-refractivity contribution in [2.24, 2.45) is 0 Å². The number of allylic oxidation sites excluding steroid dienone is 1. The van der Waals surface area contributed by atoms with Gasteiger partial charge in [0, 0.05) is 16.1 Å². The van der Waals surface area contributed by atoms with Gasteiger partial charge in [-0.1, -0.05) is 35.9 Å². The molecule has 1 N–H and O–H groups in total. The Bertz CT molecular complexity index is 1470. The van der Waals surface area contributed by atoms with Gasteiger partial charge in [-0.25, -0.2) is 9.69 Å². The van der Waals surface area contributed by atoms with Crippen molar-refractivity contribution >= 4 is 41.2 Å². The van der Waals surface area contributed by atoms with E-state index in [1.807, 2.05) is 32.0 Å². The average molecular weight is 561 g/mol. The number of halogens is 1. The number of amides is 4. The van der Waals surface area contributed by atoms with Crippen molar-refractivity contribution in [3.05, 3.63) is 101 Å². The molecule has 0 aromatic heterocycles. The van der Waals surface area contributed by atoms with Crippen LogP contribution < -0.4 is 24.4 Å². The van der Waals surface area contributed by atoms with Gasteiger partial charge in [0.1, 0.15) is 17.9 Å². The Kier molecular flexibility index (Phi) is 9.24. The Hall–Kier alpha value is -4.56. The van der Waals surface area contributed by atoms with Crippen molar-refractivity contribution in [1.82, 2.24) is 5.32 Å². The van der Waals surface area contributed by atoms with Crippen LogP contribution in [0.3, 0.4) is 0 Å². The summed E-state index contributed by atoms with van der Waals surface area (Å²) in [5.41, 5.74) is 2.17. The standard InChI is InChI=1S/C31H29ClN2O6/c1-4-9-21-16-20(18-27(39-6-3)28(21)40-19-22-10-7-8-11-26(22)32)17-25-29(35)33-31(37)34(30(25)36)23-12-14-24(15-13-23)38-5-2/h4,7-8,10-18H,1,5-6,9,19H2,2-3H3,(H,33,35,37)/b25-17+. The molecule has 206 valence electrons. The second-order valence-corrected chi connectivity index (χ2v) is 9.11. The third kappa shape index (κ3) is 6.35. The highest BCUT2D eigenvalue weighted by Gasteiger charge is 2.37. The van der Waals surface area contributed by atoms with E-state index < -0.39 is 17.8 Å². The lowest BCUT2D eigenvalue weighted by Crippen LogP contribution is -2.54. The van der Waals surface area contributed by atoms with E-state index in [1.54, 1.807) is 48.5 Å². The summed E-state index contributed by atoms with van der Waals surface area (Å²) in [5.74, 6) is -0.00375. The smallest absolute Gasteiger partial charge is 0.335 e. The maximum atomic E-state index is 13.4. The number of carbonyl (C=O) groups is 3. The van der Waals surface area contributed by atoms with Gasteiger partial charge in [0.15, 0.2) is 11.5 Å². The Morgan fingerprint density at radius 1 is 0.925 bits per heavy atom. The van der Waals surface area contributed by atoms with E-state index in [4.69, 9.17) is 25.8 Å². The highest BCUT2D eigenvalue weighted by Crippen LogP contribution is 2.36. The molecule has 0 spiro atoms. The second-order valence-electron chi connectivity index (χ2n) is 8.70. The molecule has 1 fully saturated rings. The van der Waals surface area contributed by atoms with E-state index in [-0.39, 0.29) is 12.2 Å². The number of nitrogens with zero attached hydrogens (tertiary/aromatic N) is 1. The fourth-order valence-corrected chi connectivity index (χ4v) is 4.37. The molecule has 0 atom stereocenters. The van der Waals surface area contributed by atoms with Crippen LogP contribution in [0.4, 0.5) is 10.5 Å². The molecule has 4 rings (SSSR count). The number of ether oxygens (including phenoxy) is 3. The van der Waals surface area contributed by atoms with Crippen molar-refractivity contribution in [3.63, 3.8) is 0 Å². The van der Waals surface area contributed by atoms with Crippen molar-refractivity contribution in [3.8, 4) is 17.2 Å². The first-order chi connectivity index (χ1) is 19.4.